The topological polar surface area (TPSA) is 54.4 Å². The van der Waals surface area contributed by atoms with Crippen LogP contribution in [0, 0.1) is 0 Å². The zero-order chi connectivity index (χ0) is 11.1. The third-order valence-electron chi connectivity index (χ3n) is 2.66. The lowest BCUT2D eigenvalue weighted by Gasteiger charge is -2.00. The highest BCUT2D eigenvalue weighted by Crippen LogP contribution is 2.20. The van der Waals surface area contributed by atoms with Crippen molar-refractivity contribution in [2.45, 2.75) is 51.0 Å². The summed E-state index contributed by atoms with van der Waals surface area (Å²) in [5.74, 6) is 0.0930. The number of Topliss-reactive ketones (excluding diaryl/α,β-unsaturated/α-hetero) is 1. The summed E-state index contributed by atoms with van der Waals surface area (Å²) in [6, 6.07) is 0. The number of hydrogen-bond acceptors (Lipinski definition) is 3. The fourth-order valence-corrected chi connectivity index (χ4v) is 1.82. The maximum Gasteiger partial charge on any atom is 0.161 e. The molecular formula is C12H18O3. The van der Waals surface area contributed by atoms with E-state index >= 15 is 0 Å². The summed E-state index contributed by atoms with van der Waals surface area (Å²) in [6.45, 7) is 0. The van der Waals surface area contributed by atoms with Crippen LogP contribution in [0.1, 0.15) is 44.9 Å². The Labute approximate surface area is 90.2 Å². The molecular weight excluding hydrogens is 192 g/mol. The molecule has 15 heavy (non-hydrogen) atoms. The van der Waals surface area contributed by atoms with Crippen LogP contribution in [0.3, 0.4) is 0 Å². The molecule has 1 atom stereocenters. The standard InChI is InChI=1S/C12H18O3/c13-7-5-3-1-2-4-6-10-8-11(14)9-12(10)15/h7-8,11,14H,1-6,9H2. The monoisotopic (exact) mass is 210 g/mol. The van der Waals surface area contributed by atoms with Crippen LogP contribution < -0.4 is 0 Å². The maximum atomic E-state index is 11.3. The Balaban J connectivity index is 2.07. The van der Waals surface area contributed by atoms with Crippen molar-refractivity contribution >= 4 is 12.1 Å². The second-order valence-corrected chi connectivity index (χ2v) is 4.01. The van der Waals surface area contributed by atoms with Crippen LogP contribution in [0.5, 0.6) is 0 Å². The number of ketones is 1. The quantitative estimate of drug-likeness (QED) is 0.515. The summed E-state index contributed by atoms with van der Waals surface area (Å²) >= 11 is 0. The van der Waals surface area contributed by atoms with Crippen LogP contribution in [0.25, 0.3) is 0 Å². The molecule has 3 nitrogen and oxygen atoms in total. The minimum absolute atomic E-state index is 0.0930. The molecule has 0 fully saturated rings. The highest BCUT2D eigenvalue weighted by atomic mass is 16.3. The van der Waals surface area contributed by atoms with Crippen molar-refractivity contribution < 1.29 is 14.7 Å². The van der Waals surface area contributed by atoms with Gasteiger partial charge in [0, 0.05) is 12.8 Å². The minimum atomic E-state index is -0.553. The zero-order valence-electron chi connectivity index (χ0n) is 8.95. The van der Waals surface area contributed by atoms with Gasteiger partial charge in [-0.05, 0) is 30.9 Å². The average Bonchev–Trinajstić information content (AvgIpc) is 2.51. The number of carbonyl (C=O) groups excluding carboxylic acids is 2. The van der Waals surface area contributed by atoms with E-state index in [1.807, 2.05) is 0 Å². The number of aldehydes is 1. The number of hydrogen-bond donors (Lipinski definition) is 1. The van der Waals surface area contributed by atoms with Crippen molar-refractivity contribution in [3.8, 4) is 0 Å². The molecule has 0 saturated carbocycles. The van der Waals surface area contributed by atoms with Crippen molar-refractivity contribution in [1.82, 2.24) is 0 Å². The van der Waals surface area contributed by atoms with Crippen molar-refractivity contribution in [3.05, 3.63) is 11.6 Å². The van der Waals surface area contributed by atoms with E-state index in [4.69, 9.17) is 0 Å². The molecule has 0 aromatic heterocycles. The fraction of sp³-hybridized carbons (Fsp3) is 0.667. The Kier molecular flexibility index (Phi) is 5.26. The number of aliphatic hydroxyl groups is 1. The van der Waals surface area contributed by atoms with Crippen LogP contribution in [-0.4, -0.2) is 23.3 Å². The molecule has 1 aliphatic carbocycles. The highest BCUT2D eigenvalue weighted by molar-refractivity contribution is 5.98. The normalized spacial score (nSPS) is 20.5. The van der Waals surface area contributed by atoms with Crippen molar-refractivity contribution in [2.24, 2.45) is 0 Å². The van der Waals surface area contributed by atoms with Gasteiger partial charge in [-0.3, -0.25) is 4.79 Å². The van der Waals surface area contributed by atoms with E-state index in [0.29, 0.717) is 6.42 Å². The van der Waals surface area contributed by atoms with E-state index < -0.39 is 6.10 Å². The first-order valence-corrected chi connectivity index (χ1v) is 5.59. The SMILES string of the molecule is O=CCCCCCCC1=CC(O)CC1=O. The first-order chi connectivity index (χ1) is 7.24. The summed E-state index contributed by atoms with van der Waals surface area (Å²) < 4.78 is 0. The van der Waals surface area contributed by atoms with E-state index in [-0.39, 0.29) is 12.2 Å². The molecule has 1 N–H and O–H groups in total. The van der Waals surface area contributed by atoms with E-state index in [1.165, 1.54) is 0 Å². The lowest BCUT2D eigenvalue weighted by Crippen LogP contribution is -2.01. The number of rotatable bonds is 7. The Morgan fingerprint density at radius 3 is 2.67 bits per heavy atom. The number of aliphatic hydroxyl groups excluding tert-OH is 1. The predicted molar refractivity (Wildman–Crippen MR) is 57.5 cm³/mol. The van der Waals surface area contributed by atoms with E-state index in [0.717, 1.165) is 44.0 Å². The van der Waals surface area contributed by atoms with Gasteiger partial charge in [-0.15, -0.1) is 0 Å². The molecule has 0 aliphatic heterocycles. The number of unbranched alkanes of at least 4 members (excludes halogenated alkanes) is 4. The summed E-state index contributed by atoms with van der Waals surface area (Å²) in [5, 5.41) is 9.21. The largest absolute Gasteiger partial charge is 0.389 e. The van der Waals surface area contributed by atoms with E-state index in [1.54, 1.807) is 6.08 Å². The predicted octanol–water partition coefficient (Wildman–Crippen LogP) is 1.79. The maximum absolute atomic E-state index is 11.3. The van der Waals surface area contributed by atoms with Crippen LogP contribution in [0.4, 0.5) is 0 Å². The minimum Gasteiger partial charge on any atom is -0.389 e. The molecule has 0 aromatic rings. The lowest BCUT2D eigenvalue weighted by molar-refractivity contribution is -0.116. The van der Waals surface area contributed by atoms with Gasteiger partial charge in [-0.25, -0.2) is 0 Å². The van der Waals surface area contributed by atoms with Gasteiger partial charge in [0.25, 0.3) is 0 Å². The first-order valence-electron chi connectivity index (χ1n) is 5.59. The molecule has 1 rings (SSSR count). The van der Waals surface area contributed by atoms with Gasteiger partial charge in [-0.2, -0.15) is 0 Å². The van der Waals surface area contributed by atoms with E-state index in [9.17, 15) is 14.7 Å². The molecule has 0 bridgehead atoms. The van der Waals surface area contributed by atoms with Gasteiger partial charge in [0.1, 0.15) is 6.29 Å². The molecule has 0 saturated heterocycles. The van der Waals surface area contributed by atoms with Gasteiger partial charge in [0.2, 0.25) is 0 Å². The Hall–Kier alpha value is -0.960. The Morgan fingerprint density at radius 2 is 2.07 bits per heavy atom. The van der Waals surface area contributed by atoms with Crippen LogP contribution in [0.2, 0.25) is 0 Å². The second kappa shape index (κ2) is 6.51. The molecule has 0 heterocycles. The molecule has 84 valence electrons. The molecule has 0 aromatic carbocycles. The fourth-order valence-electron chi connectivity index (χ4n) is 1.82. The summed E-state index contributed by atoms with van der Waals surface area (Å²) in [7, 11) is 0. The highest BCUT2D eigenvalue weighted by Gasteiger charge is 2.20. The smallest absolute Gasteiger partial charge is 0.161 e. The zero-order valence-corrected chi connectivity index (χ0v) is 8.95. The molecule has 0 amide bonds. The third kappa shape index (κ3) is 4.38. The molecule has 3 heteroatoms. The van der Waals surface area contributed by atoms with Crippen molar-refractivity contribution in [2.75, 3.05) is 0 Å². The number of carbonyl (C=O) groups is 2. The van der Waals surface area contributed by atoms with Gasteiger partial charge in [0.05, 0.1) is 6.10 Å². The Bertz CT molecular complexity index is 256. The summed E-state index contributed by atoms with van der Waals surface area (Å²) in [5.41, 5.74) is 0.790. The third-order valence-corrected chi connectivity index (χ3v) is 2.66. The second-order valence-electron chi connectivity index (χ2n) is 4.01. The van der Waals surface area contributed by atoms with E-state index in [2.05, 4.69) is 0 Å². The summed E-state index contributed by atoms with van der Waals surface area (Å²) in [4.78, 5) is 21.3. The van der Waals surface area contributed by atoms with Gasteiger partial charge >= 0.3 is 0 Å². The molecule has 1 aliphatic rings. The molecule has 0 spiro atoms. The van der Waals surface area contributed by atoms with Gasteiger partial charge in [0.15, 0.2) is 5.78 Å². The Morgan fingerprint density at radius 1 is 1.33 bits per heavy atom. The van der Waals surface area contributed by atoms with Crippen LogP contribution >= 0.6 is 0 Å². The molecule has 1 unspecified atom stereocenters. The lowest BCUT2D eigenvalue weighted by atomic mass is 10.0. The average molecular weight is 210 g/mol. The van der Waals surface area contributed by atoms with Crippen LogP contribution in [0.15, 0.2) is 11.6 Å². The molecule has 0 radical (unpaired) electrons. The summed E-state index contributed by atoms with van der Waals surface area (Å²) in [6.07, 6.45) is 7.76. The van der Waals surface area contributed by atoms with Gasteiger partial charge < -0.3 is 9.90 Å². The van der Waals surface area contributed by atoms with Crippen molar-refractivity contribution in [3.63, 3.8) is 0 Å². The number of allylic oxidation sites excluding steroid dienone is 1. The van der Waals surface area contributed by atoms with Crippen molar-refractivity contribution in [1.29, 1.82) is 0 Å². The van der Waals surface area contributed by atoms with Gasteiger partial charge in [-0.1, -0.05) is 12.8 Å². The van der Waals surface area contributed by atoms with Crippen LogP contribution in [-0.2, 0) is 9.59 Å². The first kappa shape index (κ1) is 12.1.